The molecule has 0 saturated heterocycles. The van der Waals surface area contributed by atoms with Crippen LogP contribution in [0.4, 0.5) is 24.8 Å². The van der Waals surface area contributed by atoms with E-state index in [4.69, 9.17) is 15.3 Å². The molecular weight excluding hydrogens is 443 g/mol. The van der Waals surface area contributed by atoms with E-state index in [9.17, 15) is 17.4 Å². The van der Waals surface area contributed by atoms with Crippen LogP contribution in [0, 0.1) is 22.2 Å². The van der Waals surface area contributed by atoms with Crippen molar-refractivity contribution in [2.24, 2.45) is 5.73 Å². The molecule has 0 radical (unpaired) electrons. The third kappa shape index (κ3) is 5.95. The minimum Gasteiger partial charge on any atom is -0.496 e. The quantitative estimate of drug-likeness (QED) is 0.436. The zero-order chi connectivity index (χ0) is 23.3. The van der Waals surface area contributed by atoms with Gasteiger partial charge in [0.1, 0.15) is 23.1 Å². The van der Waals surface area contributed by atoms with E-state index < -0.39 is 27.2 Å². The third-order valence-corrected chi connectivity index (χ3v) is 6.20. The maximum absolute atomic E-state index is 14.4. The van der Waals surface area contributed by atoms with Crippen molar-refractivity contribution in [3.63, 3.8) is 0 Å². The van der Waals surface area contributed by atoms with E-state index in [-0.39, 0.29) is 40.1 Å². The minimum absolute atomic E-state index is 0.0425. The number of hydrogen-bond acceptors (Lipinski definition) is 7. The molecule has 1 atom stereocenters. The molecule has 2 aromatic carbocycles. The zero-order valence-electron chi connectivity index (χ0n) is 17.2. The van der Waals surface area contributed by atoms with Gasteiger partial charge in [-0.1, -0.05) is 0 Å². The molecule has 0 aliphatic carbocycles. The Kier molecular flexibility index (Phi) is 7.31. The number of anilines is 2. The van der Waals surface area contributed by atoms with Crippen molar-refractivity contribution in [2.75, 3.05) is 24.7 Å². The zero-order valence-corrected chi connectivity index (χ0v) is 18.0. The molecule has 3 rings (SSSR count). The van der Waals surface area contributed by atoms with Crippen LogP contribution in [0.25, 0.3) is 11.3 Å². The maximum atomic E-state index is 14.4. The van der Waals surface area contributed by atoms with Crippen LogP contribution in [0.1, 0.15) is 12.0 Å². The van der Waals surface area contributed by atoms with Crippen LogP contribution in [-0.2, 0) is 15.5 Å². The fourth-order valence-corrected chi connectivity index (χ4v) is 4.55. The van der Waals surface area contributed by atoms with Crippen molar-refractivity contribution in [1.29, 1.82) is 4.78 Å². The van der Waals surface area contributed by atoms with Crippen LogP contribution >= 0.6 is 0 Å². The summed E-state index contributed by atoms with van der Waals surface area (Å²) in [7, 11) is -1.64. The van der Waals surface area contributed by atoms with Gasteiger partial charge in [-0.2, -0.15) is 0 Å². The summed E-state index contributed by atoms with van der Waals surface area (Å²) in [5, 5.41) is 2.78. The van der Waals surface area contributed by atoms with Gasteiger partial charge >= 0.3 is 0 Å². The van der Waals surface area contributed by atoms with Gasteiger partial charge in [0.25, 0.3) is 0 Å². The summed E-state index contributed by atoms with van der Waals surface area (Å²) in [6.45, 7) is 0.314. The van der Waals surface area contributed by atoms with Crippen LogP contribution in [0.2, 0.25) is 0 Å². The first kappa shape index (κ1) is 23.5. The number of halogens is 3. The van der Waals surface area contributed by atoms with E-state index in [1.165, 1.54) is 31.4 Å². The first-order valence-electron chi connectivity index (χ1n) is 9.58. The molecule has 4 N–H and O–H groups in total. The number of nitrogens with one attached hydrogen (secondary N) is 2. The number of benzene rings is 2. The summed E-state index contributed by atoms with van der Waals surface area (Å²) in [5.41, 5.74) is 6.08. The van der Waals surface area contributed by atoms with Gasteiger partial charge in [0.05, 0.1) is 19.1 Å². The van der Waals surface area contributed by atoms with Crippen molar-refractivity contribution in [2.45, 2.75) is 12.2 Å². The molecule has 11 heteroatoms. The minimum atomic E-state index is -2.96. The van der Waals surface area contributed by atoms with Gasteiger partial charge in [-0.05, 0) is 48.9 Å². The molecule has 0 spiro atoms. The normalized spacial score (nSPS) is 12.9. The molecule has 0 aliphatic heterocycles. The van der Waals surface area contributed by atoms with Crippen LogP contribution in [0.3, 0.4) is 0 Å². The molecule has 7 nitrogen and oxygen atoms in total. The molecule has 0 fully saturated rings. The summed E-state index contributed by atoms with van der Waals surface area (Å²) in [6, 6.07) is 7.46. The van der Waals surface area contributed by atoms with Crippen molar-refractivity contribution in [3.05, 3.63) is 65.6 Å². The topological polar surface area (TPSA) is 114 Å². The Morgan fingerprint density at radius 3 is 2.66 bits per heavy atom. The highest BCUT2D eigenvalue weighted by atomic mass is 32.2. The number of rotatable bonds is 9. The van der Waals surface area contributed by atoms with Crippen molar-refractivity contribution in [3.8, 4) is 17.0 Å². The second kappa shape index (κ2) is 9.96. The summed E-state index contributed by atoms with van der Waals surface area (Å²) in [5.74, 6) is -1.89. The molecule has 1 aromatic heterocycles. The first-order valence-corrected chi connectivity index (χ1v) is 11.5. The highest BCUT2D eigenvalue weighted by Gasteiger charge is 2.16. The molecule has 32 heavy (non-hydrogen) atoms. The number of nitrogens with two attached hydrogens (primary N) is 1. The first-order chi connectivity index (χ1) is 15.2. The molecule has 1 heterocycles. The Morgan fingerprint density at radius 1 is 1.16 bits per heavy atom. The molecule has 3 aromatic rings. The fraction of sp³-hybridized carbons (Fsp3) is 0.238. The van der Waals surface area contributed by atoms with Crippen LogP contribution in [-0.4, -0.2) is 33.6 Å². The molecular formula is C21H22F3N5O2S. The van der Waals surface area contributed by atoms with Gasteiger partial charge < -0.3 is 15.8 Å². The molecule has 0 saturated carbocycles. The lowest BCUT2D eigenvalue weighted by Crippen LogP contribution is -2.12. The lowest BCUT2D eigenvalue weighted by atomic mass is 10.1. The summed E-state index contributed by atoms with van der Waals surface area (Å²) in [4.78, 5) is 7.99. The molecule has 1 unspecified atom stereocenters. The molecule has 170 valence electrons. The number of nitrogens with zero attached hydrogens (tertiary/aromatic N) is 2. The predicted molar refractivity (Wildman–Crippen MR) is 117 cm³/mol. The predicted octanol–water partition coefficient (Wildman–Crippen LogP) is 4.21. The molecule has 0 amide bonds. The molecule has 0 bridgehead atoms. The lowest BCUT2D eigenvalue weighted by Gasteiger charge is -2.12. The Bertz CT molecular complexity index is 1220. The van der Waals surface area contributed by atoms with Crippen molar-refractivity contribution in [1.82, 2.24) is 9.97 Å². The summed E-state index contributed by atoms with van der Waals surface area (Å²) in [6.07, 6.45) is 1.36. The largest absolute Gasteiger partial charge is 0.496 e. The monoisotopic (exact) mass is 465 g/mol. The molecule has 0 aliphatic rings. The number of ether oxygens (including phenoxy) is 1. The Morgan fingerprint density at radius 2 is 1.94 bits per heavy atom. The average molecular weight is 466 g/mol. The van der Waals surface area contributed by atoms with Crippen LogP contribution in [0.15, 0.2) is 42.6 Å². The third-order valence-electron chi connectivity index (χ3n) is 4.45. The van der Waals surface area contributed by atoms with E-state index in [0.29, 0.717) is 18.5 Å². The smallest absolute Gasteiger partial charge is 0.227 e. The standard InChI is InChI=1S/C21H22F3N5O2S/c1-31-19-10-14(22)3-4-17(19)20-18(24)11-27-21(29-20)28-16-8-13(7-15(23)9-16)12-32(26,30)6-2-5-25/h3-4,7-11,26H,2,5-6,12,25H2,1H3,(H,27,28,29). The van der Waals surface area contributed by atoms with Gasteiger partial charge in [-0.25, -0.2) is 27.3 Å². The SMILES string of the molecule is COc1cc(F)ccc1-c1nc(Nc2cc(F)cc(CS(=N)(=O)CCCN)c2)ncc1F. The van der Waals surface area contributed by atoms with Crippen LogP contribution in [0.5, 0.6) is 5.75 Å². The van der Waals surface area contributed by atoms with E-state index in [2.05, 4.69) is 15.3 Å². The summed E-state index contributed by atoms with van der Waals surface area (Å²) < 4.78 is 67.5. The second-order valence-corrected chi connectivity index (χ2v) is 9.33. The second-order valence-electron chi connectivity index (χ2n) is 7.01. The van der Waals surface area contributed by atoms with E-state index in [0.717, 1.165) is 18.3 Å². The van der Waals surface area contributed by atoms with Gasteiger partial charge in [0, 0.05) is 32.8 Å². The van der Waals surface area contributed by atoms with Crippen molar-refractivity contribution >= 4 is 21.4 Å². The van der Waals surface area contributed by atoms with E-state index in [1.807, 2.05) is 0 Å². The summed E-state index contributed by atoms with van der Waals surface area (Å²) >= 11 is 0. The lowest BCUT2D eigenvalue weighted by molar-refractivity contribution is 0.412. The Hall–Kier alpha value is -3.18. The van der Waals surface area contributed by atoms with Gasteiger partial charge in [-0.15, -0.1) is 0 Å². The average Bonchev–Trinajstić information content (AvgIpc) is 2.73. The number of hydrogen-bond donors (Lipinski definition) is 3. The van der Waals surface area contributed by atoms with E-state index in [1.54, 1.807) is 0 Å². The number of aromatic nitrogens is 2. The van der Waals surface area contributed by atoms with Gasteiger partial charge in [0.2, 0.25) is 5.95 Å². The fourth-order valence-electron chi connectivity index (χ4n) is 3.07. The Balaban J connectivity index is 1.90. The van der Waals surface area contributed by atoms with E-state index >= 15 is 0 Å². The van der Waals surface area contributed by atoms with Crippen molar-refractivity contribution < 1.29 is 22.1 Å². The highest BCUT2D eigenvalue weighted by Crippen LogP contribution is 2.31. The number of methoxy groups -OCH3 is 1. The van der Waals surface area contributed by atoms with Gasteiger partial charge in [-0.3, -0.25) is 4.78 Å². The maximum Gasteiger partial charge on any atom is 0.227 e. The Labute approximate surface area is 183 Å². The van der Waals surface area contributed by atoms with Crippen LogP contribution < -0.4 is 15.8 Å². The highest BCUT2D eigenvalue weighted by molar-refractivity contribution is 7.91. The van der Waals surface area contributed by atoms with Gasteiger partial charge in [0.15, 0.2) is 5.82 Å².